The SMILES string of the molecule is COc1cccc(NC(=O)c2ccc(CNC3=C(Cl)C(=O)N(Cc4ccccc4)C3=O)cc2)c1. The summed E-state index contributed by atoms with van der Waals surface area (Å²) >= 11 is 6.16. The van der Waals surface area contributed by atoms with E-state index in [1.165, 1.54) is 0 Å². The minimum atomic E-state index is -0.525. The van der Waals surface area contributed by atoms with E-state index in [0.717, 1.165) is 16.0 Å². The van der Waals surface area contributed by atoms with Gasteiger partial charge in [0.1, 0.15) is 16.5 Å². The van der Waals surface area contributed by atoms with Crippen LogP contribution in [-0.4, -0.2) is 29.7 Å². The summed E-state index contributed by atoms with van der Waals surface area (Å²) in [6, 6.07) is 23.2. The molecule has 0 saturated heterocycles. The summed E-state index contributed by atoms with van der Waals surface area (Å²) in [4.78, 5) is 38.9. The van der Waals surface area contributed by atoms with Crippen LogP contribution in [0.4, 0.5) is 5.69 Å². The van der Waals surface area contributed by atoms with Crippen molar-refractivity contribution in [3.8, 4) is 5.75 Å². The number of methoxy groups -OCH3 is 1. The molecule has 172 valence electrons. The average molecular weight is 476 g/mol. The van der Waals surface area contributed by atoms with E-state index in [9.17, 15) is 14.4 Å². The predicted octanol–water partition coefficient (Wildman–Crippen LogP) is 4.06. The highest BCUT2D eigenvalue weighted by atomic mass is 35.5. The summed E-state index contributed by atoms with van der Waals surface area (Å²) < 4.78 is 5.17. The van der Waals surface area contributed by atoms with Gasteiger partial charge in [-0.15, -0.1) is 0 Å². The molecule has 0 atom stereocenters. The van der Waals surface area contributed by atoms with E-state index in [-0.39, 0.29) is 29.7 Å². The number of benzene rings is 3. The van der Waals surface area contributed by atoms with E-state index < -0.39 is 11.8 Å². The summed E-state index contributed by atoms with van der Waals surface area (Å²) in [5.41, 5.74) is 2.82. The third-order valence-corrected chi connectivity index (χ3v) is 5.66. The lowest BCUT2D eigenvalue weighted by Gasteiger charge is -2.15. The molecular formula is C26H22ClN3O4. The molecule has 4 rings (SSSR count). The third-order valence-electron chi connectivity index (χ3n) is 5.31. The summed E-state index contributed by atoms with van der Waals surface area (Å²) in [5, 5.41) is 5.66. The van der Waals surface area contributed by atoms with Crippen LogP contribution in [0.5, 0.6) is 5.75 Å². The molecule has 7 nitrogen and oxygen atoms in total. The van der Waals surface area contributed by atoms with Crippen LogP contribution in [0.25, 0.3) is 0 Å². The molecule has 1 heterocycles. The summed E-state index contributed by atoms with van der Waals surface area (Å²) in [6.45, 7) is 0.415. The van der Waals surface area contributed by atoms with Crippen molar-refractivity contribution < 1.29 is 19.1 Å². The van der Waals surface area contributed by atoms with Gasteiger partial charge in [-0.2, -0.15) is 0 Å². The Hall–Kier alpha value is -4.10. The molecule has 0 aliphatic carbocycles. The largest absolute Gasteiger partial charge is 0.497 e. The number of hydrogen-bond acceptors (Lipinski definition) is 5. The normalized spacial score (nSPS) is 13.3. The number of hydrogen-bond donors (Lipinski definition) is 2. The smallest absolute Gasteiger partial charge is 0.278 e. The Morgan fingerprint density at radius 1 is 0.912 bits per heavy atom. The summed E-state index contributed by atoms with van der Waals surface area (Å²) in [7, 11) is 1.56. The maximum atomic E-state index is 12.8. The fraction of sp³-hybridized carbons (Fsp3) is 0.115. The van der Waals surface area contributed by atoms with E-state index in [1.807, 2.05) is 30.3 Å². The van der Waals surface area contributed by atoms with Crippen molar-refractivity contribution in [2.24, 2.45) is 0 Å². The number of carbonyl (C=O) groups is 3. The zero-order valence-corrected chi connectivity index (χ0v) is 19.1. The Morgan fingerprint density at radius 3 is 2.35 bits per heavy atom. The van der Waals surface area contributed by atoms with E-state index >= 15 is 0 Å². The van der Waals surface area contributed by atoms with Gasteiger partial charge in [-0.1, -0.05) is 60.1 Å². The van der Waals surface area contributed by atoms with Crippen molar-refractivity contribution >= 4 is 35.0 Å². The number of nitrogens with one attached hydrogen (secondary N) is 2. The van der Waals surface area contributed by atoms with Gasteiger partial charge in [-0.05, 0) is 35.4 Å². The number of rotatable bonds is 8. The van der Waals surface area contributed by atoms with E-state index in [2.05, 4.69) is 10.6 Å². The van der Waals surface area contributed by atoms with E-state index in [1.54, 1.807) is 55.6 Å². The zero-order valence-electron chi connectivity index (χ0n) is 18.4. The van der Waals surface area contributed by atoms with Crippen LogP contribution in [0.15, 0.2) is 89.6 Å². The van der Waals surface area contributed by atoms with E-state index in [4.69, 9.17) is 16.3 Å². The van der Waals surface area contributed by atoms with Crippen molar-refractivity contribution in [3.05, 3.63) is 106 Å². The highest BCUT2D eigenvalue weighted by Crippen LogP contribution is 2.24. The topological polar surface area (TPSA) is 87.7 Å². The molecule has 8 heteroatoms. The molecule has 0 saturated carbocycles. The van der Waals surface area contributed by atoms with Gasteiger partial charge < -0.3 is 15.4 Å². The van der Waals surface area contributed by atoms with Crippen molar-refractivity contribution in [3.63, 3.8) is 0 Å². The van der Waals surface area contributed by atoms with Gasteiger partial charge in [0, 0.05) is 23.9 Å². The van der Waals surface area contributed by atoms with Crippen LogP contribution in [0.3, 0.4) is 0 Å². The first-order valence-electron chi connectivity index (χ1n) is 10.5. The Bertz CT molecular complexity index is 1260. The van der Waals surface area contributed by atoms with Crippen LogP contribution in [-0.2, 0) is 22.7 Å². The Kier molecular flexibility index (Phi) is 6.94. The number of imide groups is 1. The molecular weight excluding hydrogens is 454 g/mol. The molecule has 2 N–H and O–H groups in total. The number of halogens is 1. The molecule has 3 aromatic carbocycles. The molecule has 0 unspecified atom stereocenters. The van der Waals surface area contributed by atoms with Crippen molar-refractivity contribution in [1.82, 2.24) is 10.2 Å². The van der Waals surface area contributed by atoms with Gasteiger partial charge >= 0.3 is 0 Å². The van der Waals surface area contributed by atoms with Gasteiger partial charge in [-0.3, -0.25) is 19.3 Å². The molecule has 3 amide bonds. The van der Waals surface area contributed by atoms with Gasteiger partial charge in [-0.25, -0.2) is 0 Å². The number of carbonyl (C=O) groups excluding carboxylic acids is 3. The molecule has 0 fully saturated rings. The Balaban J connectivity index is 1.36. The maximum Gasteiger partial charge on any atom is 0.278 e. The van der Waals surface area contributed by atoms with Gasteiger partial charge in [0.15, 0.2) is 0 Å². The molecule has 0 spiro atoms. The number of nitrogens with zero attached hydrogens (tertiary/aromatic N) is 1. The molecule has 1 aliphatic heterocycles. The van der Waals surface area contributed by atoms with Crippen LogP contribution in [0.1, 0.15) is 21.5 Å². The molecule has 0 radical (unpaired) electrons. The summed E-state index contributed by atoms with van der Waals surface area (Å²) in [6.07, 6.45) is 0. The number of ether oxygens (including phenoxy) is 1. The summed E-state index contributed by atoms with van der Waals surface area (Å²) in [5.74, 6) is -0.600. The lowest BCUT2D eigenvalue weighted by molar-refractivity contribution is -0.138. The molecule has 34 heavy (non-hydrogen) atoms. The van der Waals surface area contributed by atoms with Crippen molar-refractivity contribution in [2.45, 2.75) is 13.1 Å². The van der Waals surface area contributed by atoms with Crippen LogP contribution in [0, 0.1) is 0 Å². The third kappa shape index (κ3) is 5.10. The zero-order chi connectivity index (χ0) is 24.1. The first-order valence-corrected chi connectivity index (χ1v) is 10.9. The minimum absolute atomic E-state index is 0.0717. The molecule has 3 aromatic rings. The quantitative estimate of drug-likeness (QED) is 0.480. The van der Waals surface area contributed by atoms with Crippen molar-refractivity contribution in [2.75, 3.05) is 12.4 Å². The number of anilines is 1. The van der Waals surface area contributed by atoms with Crippen LogP contribution in [0.2, 0.25) is 0 Å². The Labute approximate surface area is 202 Å². The van der Waals surface area contributed by atoms with Crippen LogP contribution < -0.4 is 15.4 Å². The second-order valence-electron chi connectivity index (χ2n) is 7.61. The first kappa shape index (κ1) is 23.1. The monoisotopic (exact) mass is 475 g/mol. The fourth-order valence-electron chi connectivity index (χ4n) is 3.48. The van der Waals surface area contributed by atoms with E-state index in [0.29, 0.717) is 17.0 Å². The first-order chi connectivity index (χ1) is 16.5. The number of amides is 3. The van der Waals surface area contributed by atoms with Gasteiger partial charge in [0.2, 0.25) is 0 Å². The van der Waals surface area contributed by atoms with Gasteiger partial charge in [0.05, 0.1) is 13.7 Å². The standard InChI is InChI=1S/C26H22ClN3O4/c1-34-21-9-5-8-20(14-21)29-24(31)19-12-10-17(11-13-19)15-28-23-22(27)25(32)30(26(23)33)16-18-6-3-2-4-7-18/h2-14,28H,15-16H2,1H3,(H,29,31). The highest BCUT2D eigenvalue weighted by molar-refractivity contribution is 6.47. The Morgan fingerprint density at radius 2 is 1.65 bits per heavy atom. The second kappa shape index (κ2) is 10.2. The van der Waals surface area contributed by atoms with Crippen LogP contribution >= 0.6 is 11.6 Å². The molecule has 0 aromatic heterocycles. The van der Waals surface area contributed by atoms with Crippen molar-refractivity contribution in [1.29, 1.82) is 0 Å². The lowest BCUT2D eigenvalue weighted by atomic mass is 10.1. The second-order valence-corrected chi connectivity index (χ2v) is 7.99. The predicted molar refractivity (Wildman–Crippen MR) is 129 cm³/mol. The molecule has 1 aliphatic rings. The average Bonchev–Trinajstić information content (AvgIpc) is 3.06. The minimum Gasteiger partial charge on any atom is -0.497 e. The fourth-order valence-corrected chi connectivity index (χ4v) is 3.73. The molecule has 0 bridgehead atoms. The highest BCUT2D eigenvalue weighted by Gasteiger charge is 2.37. The van der Waals surface area contributed by atoms with Gasteiger partial charge in [0.25, 0.3) is 17.7 Å². The maximum absolute atomic E-state index is 12.8. The lowest BCUT2D eigenvalue weighted by Crippen LogP contribution is -2.33.